The van der Waals surface area contributed by atoms with Crippen molar-refractivity contribution in [3.05, 3.63) is 72.3 Å². The third kappa shape index (κ3) is 8.37. The van der Waals surface area contributed by atoms with E-state index < -0.39 is 0 Å². The summed E-state index contributed by atoms with van der Waals surface area (Å²) in [6.07, 6.45) is 15.7. The number of ether oxygens (including phenoxy) is 1. The maximum Gasteiger partial charge on any atom is 0.330 e. The first kappa shape index (κ1) is 27.7. The van der Waals surface area contributed by atoms with Crippen LogP contribution in [0.4, 0.5) is 0 Å². The molecule has 0 N–H and O–H groups in total. The molecule has 0 heterocycles. The second-order valence-corrected chi connectivity index (χ2v) is 10.5. The minimum Gasteiger partial charge on any atom is -0.463 e. The molecule has 1 saturated carbocycles. The highest BCUT2D eigenvalue weighted by Gasteiger charge is 2.36. The summed E-state index contributed by atoms with van der Waals surface area (Å²) in [5, 5.41) is 10.1. The zero-order valence-corrected chi connectivity index (χ0v) is 22.1. The van der Waals surface area contributed by atoms with Crippen LogP contribution < -0.4 is 0 Å². The van der Waals surface area contributed by atoms with Crippen molar-refractivity contribution in [2.24, 2.45) is 5.41 Å². The summed E-state index contributed by atoms with van der Waals surface area (Å²) < 4.78 is 5.01. The molecule has 0 bridgehead atoms. The number of hydrogen-bond acceptors (Lipinski definition) is 3. The van der Waals surface area contributed by atoms with Crippen molar-refractivity contribution in [1.29, 1.82) is 5.26 Å². The second-order valence-electron chi connectivity index (χ2n) is 10.5. The molecule has 2 atom stereocenters. The van der Waals surface area contributed by atoms with E-state index in [1.165, 1.54) is 60.4 Å². The molecule has 2 aromatic rings. The van der Waals surface area contributed by atoms with Crippen molar-refractivity contribution < 1.29 is 9.53 Å². The van der Waals surface area contributed by atoms with Crippen LogP contribution in [-0.4, -0.2) is 12.6 Å². The average Bonchev–Trinajstić information content (AvgIpc) is 2.94. The average molecular weight is 486 g/mol. The largest absolute Gasteiger partial charge is 0.463 e. The van der Waals surface area contributed by atoms with Gasteiger partial charge in [0.2, 0.25) is 0 Å². The van der Waals surface area contributed by atoms with Gasteiger partial charge < -0.3 is 4.74 Å². The normalized spacial score (nSPS) is 19.4. The third-order valence-electron chi connectivity index (χ3n) is 7.87. The van der Waals surface area contributed by atoms with E-state index in [0.717, 1.165) is 51.4 Å². The minimum atomic E-state index is -0.332. The molecule has 1 aliphatic rings. The van der Waals surface area contributed by atoms with Gasteiger partial charge in [0.25, 0.3) is 0 Å². The summed E-state index contributed by atoms with van der Waals surface area (Å²) in [6.45, 7) is 6.08. The van der Waals surface area contributed by atoms with Gasteiger partial charge in [-0.05, 0) is 66.7 Å². The van der Waals surface area contributed by atoms with Gasteiger partial charge in [-0.2, -0.15) is 5.26 Å². The summed E-state index contributed by atoms with van der Waals surface area (Å²) in [6, 6.07) is 20.7. The molecule has 3 heteroatoms. The summed E-state index contributed by atoms with van der Waals surface area (Å²) in [5.41, 5.74) is 5.13. The first-order valence-corrected chi connectivity index (χ1v) is 14.0. The quantitative estimate of drug-likeness (QED) is 0.152. The van der Waals surface area contributed by atoms with Gasteiger partial charge in [0, 0.05) is 6.08 Å². The molecule has 2 aromatic carbocycles. The molecule has 0 amide bonds. The Morgan fingerprint density at radius 3 is 2.22 bits per heavy atom. The van der Waals surface area contributed by atoms with E-state index in [4.69, 9.17) is 4.74 Å². The van der Waals surface area contributed by atoms with E-state index in [-0.39, 0.29) is 11.4 Å². The Kier molecular flexibility index (Phi) is 11.3. The number of carbonyl (C=O) groups is 1. The Morgan fingerprint density at radius 2 is 1.61 bits per heavy atom. The molecule has 0 radical (unpaired) electrons. The summed E-state index contributed by atoms with van der Waals surface area (Å²) >= 11 is 0. The lowest BCUT2D eigenvalue weighted by molar-refractivity contribution is -0.137. The van der Waals surface area contributed by atoms with Crippen LogP contribution in [0.5, 0.6) is 0 Å². The molecular formula is C33H43NO2. The lowest BCUT2D eigenvalue weighted by Crippen LogP contribution is -2.26. The Balaban J connectivity index is 1.41. The van der Waals surface area contributed by atoms with Gasteiger partial charge in [-0.3, -0.25) is 0 Å². The molecule has 1 aliphatic carbocycles. The maximum atomic E-state index is 11.0. The van der Waals surface area contributed by atoms with Crippen LogP contribution in [-0.2, 0) is 16.0 Å². The Hall–Kier alpha value is -2.86. The zero-order chi connectivity index (χ0) is 25.6. The van der Waals surface area contributed by atoms with Crippen molar-refractivity contribution in [2.45, 2.75) is 96.3 Å². The lowest BCUT2D eigenvalue weighted by Gasteiger charge is -2.36. The maximum absolute atomic E-state index is 11.0. The molecular weight excluding hydrogens is 442 g/mol. The fraction of sp³-hybridized carbons (Fsp3) is 0.515. The van der Waals surface area contributed by atoms with Crippen molar-refractivity contribution in [1.82, 2.24) is 0 Å². The van der Waals surface area contributed by atoms with Gasteiger partial charge in [0.15, 0.2) is 0 Å². The topological polar surface area (TPSA) is 50.1 Å². The number of carbonyl (C=O) groups excluding carboxylic acids is 1. The highest BCUT2D eigenvalue weighted by atomic mass is 16.5. The number of rotatable bonds is 14. The second kappa shape index (κ2) is 14.6. The van der Waals surface area contributed by atoms with E-state index in [1.54, 1.807) is 0 Å². The molecule has 2 unspecified atom stereocenters. The van der Waals surface area contributed by atoms with E-state index in [0.29, 0.717) is 12.5 Å². The monoisotopic (exact) mass is 485 g/mol. The molecule has 0 spiro atoms. The number of nitriles is 1. The van der Waals surface area contributed by atoms with Gasteiger partial charge in [-0.25, -0.2) is 4.79 Å². The number of aryl methyl sites for hydroxylation is 1. The van der Waals surface area contributed by atoms with Crippen molar-refractivity contribution in [3.8, 4) is 17.2 Å². The van der Waals surface area contributed by atoms with E-state index >= 15 is 0 Å². The first-order chi connectivity index (χ1) is 17.6. The van der Waals surface area contributed by atoms with Crippen molar-refractivity contribution in [3.63, 3.8) is 0 Å². The SMILES string of the molecule is C=CC(=O)OCCCCCCCCCC1(C#N)CCCC(c2ccc(-c3ccc(CC)cc3)cc2)C1. The molecule has 0 saturated heterocycles. The molecule has 0 aromatic heterocycles. The smallest absolute Gasteiger partial charge is 0.330 e. The molecule has 3 rings (SSSR count). The third-order valence-corrected chi connectivity index (χ3v) is 7.87. The fourth-order valence-corrected chi connectivity index (χ4v) is 5.59. The van der Waals surface area contributed by atoms with E-state index in [1.807, 2.05) is 0 Å². The number of nitrogens with zero attached hydrogens (tertiary/aromatic N) is 1. The number of benzene rings is 2. The number of hydrogen-bond donors (Lipinski definition) is 0. The molecule has 0 aliphatic heterocycles. The van der Waals surface area contributed by atoms with Crippen LogP contribution in [0.2, 0.25) is 0 Å². The Labute approximate surface area is 218 Å². The summed E-state index contributed by atoms with van der Waals surface area (Å²) in [5.74, 6) is 0.158. The fourth-order valence-electron chi connectivity index (χ4n) is 5.59. The predicted octanol–water partition coefficient (Wildman–Crippen LogP) is 8.93. The molecule has 3 nitrogen and oxygen atoms in total. The standard InChI is InChI=1S/C33H43NO2/c1-3-27-14-16-28(17-15-27)29-18-20-30(21-19-29)31-13-12-23-33(25-31,26-34)22-10-8-6-5-7-9-11-24-36-32(35)4-2/h4,14-21,31H,2-3,5-13,22-25H2,1H3. The number of unbranched alkanes of at least 4 members (excludes halogenated alkanes) is 6. The minimum absolute atomic E-state index is 0.160. The highest BCUT2D eigenvalue weighted by Crippen LogP contribution is 2.46. The van der Waals surface area contributed by atoms with E-state index in [2.05, 4.69) is 68.1 Å². The van der Waals surface area contributed by atoms with Crippen LogP contribution in [0.1, 0.15) is 101 Å². The van der Waals surface area contributed by atoms with Crippen molar-refractivity contribution in [2.75, 3.05) is 6.61 Å². The van der Waals surface area contributed by atoms with Gasteiger partial charge in [-0.15, -0.1) is 0 Å². The molecule has 1 fully saturated rings. The van der Waals surface area contributed by atoms with Crippen LogP contribution >= 0.6 is 0 Å². The predicted molar refractivity (Wildman–Crippen MR) is 149 cm³/mol. The number of esters is 1. The first-order valence-electron chi connectivity index (χ1n) is 14.0. The van der Waals surface area contributed by atoms with Gasteiger partial charge in [0.05, 0.1) is 18.1 Å². The van der Waals surface area contributed by atoms with Gasteiger partial charge in [0.1, 0.15) is 0 Å². The van der Waals surface area contributed by atoms with Gasteiger partial charge in [-0.1, -0.05) is 107 Å². The van der Waals surface area contributed by atoms with Crippen LogP contribution in [0, 0.1) is 16.7 Å². The zero-order valence-electron chi connectivity index (χ0n) is 22.1. The Bertz CT molecular complexity index is 986. The van der Waals surface area contributed by atoms with Crippen LogP contribution in [0.3, 0.4) is 0 Å². The van der Waals surface area contributed by atoms with Crippen LogP contribution in [0.25, 0.3) is 11.1 Å². The molecule has 36 heavy (non-hydrogen) atoms. The van der Waals surface area contributed by atoms with Crippen LogP contribution in [0.15, 0.2) is 61.2 Å². The highest BCUT2D eigenvalue weighted by molar-refractivity contribution is 5.81. The Morgan fingerprint density at radius 1 is 1.00 bits per heavy atom. The lowest BCUT2D eigenvalue weighted by atomic mass is 9.66. The van der Waals surface area contributed by atoms with E-state index in [9.17, 15) is 10.1 Å². The van der Waals surface area contributed by atoms with Gasteiger partial charge >= 0.3 is 5.97 Å². The molecule has 192 valence electrons. The summed E-state index contributed by atoms with van der Waals surface area (Å²) in [4.78, 5) is 11.0. The van der Waals surface area contributed by atoms with Crippen molar-refractivity contribution >= 4 is 5.97 Å². The summed E-state index contributed by atoms with van der Waals surface area (Å²) in [7, 11) is 0.